The molecule has 0 bridgehead atoms. The number of aryl methyl sites for hydroxylation is 1. The van der Waals surface area contributed by atoms with Crippen molar-refractivity contribution in [1.82, 2.24) is 19.9 Å². The van der Waals surface area contributed by atoms with Crippen molar-refractivity contribution in [2.75, 3.05) is 36.4 Å². The van der Waals surface area contributed by atoms with E-state index in [4.69, 9.17) is 14.0 Å². The van der Waals surface area contributed by atoms with Crippen LogP contribution in [0.5, 0.6) is 0 Å². The van der Waals surface area contributed by atoms with E-state index >= 15 is 4.39 Å². The van der Waals surface area contributed by atoms with Crippen LogP contribution in [-0.2, 0) is 34.0 Å². The number of ether oxygens (including phenoxy) is 2. The number of benzene rings is 3. The van der Waals surface area contributed by atoms with Crippen molar-refractivity contribution >= 4 is 46.3 Å². The zero-order valence-corrected chi connectivity index (χ0v) is 32.6. The van der Waals surface area contributed by atoms with Crippen LogP contribution in [0.3, 0.4) is 0 Å². The Bertz CT molecular complexity index is 2340. The predicted octanol–water partition coefficient (Wildman–Crippen LogP) is 6.67. The Labute approximate surface area is 333 Å². The maximum Gasteiger partial charge on any atom is 0.410 e. The van der Waals surface area contributed by atoms with Gasteiger partial charge in [0.15, 0.2) is 0 Å². The molecule has 1 aliphatic heterocycles. The number of aromatic carboxylic acids is 1. The Balaban J connectivity index is 0.975. The molecule has 2 atom stereocenters. The monoisotopic (exact) mass is 796 g/mol. The normalized spacial score (nSPS) is 13.9. The van der Waals surface area contributed by atoms with Gasteiger partial charge in [0.05, 0.1) is 23.2 Å². The summed E-state index contributed by atoms with van der Waals surface area (Å²) in [6.07, 6.45) is 0.136. The second kappa shape index (κ2) is 18.0. The minimum absolute atomic E-state index is 0.0124. The fourth-order valence-electron chi connectivity index (χ4n) is 6.61. The lowest BCUT2D eigenvalue weighted by Crippen LogP contribution is -2.49. The fraction of sp³-hybridized carbons (Fsp3) is 0.333. The third-order valence-electron chi connectivity index (χ3n) is 10.0. The van der Waals surface area contributed by atoms with Crippen LogP contribution in [0.25, 0.3) is 10.9 Å². The van der Waals surface area contributed by atoms with Crippen LogP contribution < -0.4 is 21.0 Å². The molecular weight excluding hydrogens is 751 g/mol. The number of pyridine rings is 1. The second-order valence-corrected chi connectivity index (χ2v) is 14.3. The molecular formula is C42H45FN6O9. The van der Waals surface area contributed by atoms with Crippen LogP contribution in [-0.4, -0.2) is 70.0 Å². The lowest BCUT2D eigenvalue weighted by Gasteiger charge is -2.35. The average molecular weight is 797 g/mol. The van der Waals surface area contributed by atoms with Gasteiger partial charge in [0.25, 0.3) is 0 Å². The van der Waals surface area contributed by atoms with Crippen molar-refractivity contribution in [3.05, 3.63) is 123 Å². The first-order valence-corrected chi connectivity index (χ1v) is 18.9. The summed E-state index contributed by atoms with van der Waals surface area (Å²) >= 11 is 0. The summed E-state index contributed by atoms with van der Waals surface area (Å²) < 4.78 is 33.3. The number of rotatable bonds is 13. The Morgan fingerprint density at radius 2 is 1.59 bits per heavy atom. The van der Waals surface area contributed by atoms with E-state index in [1.165, 1.54) is 11.1 Å². The van der Waals surface area contributed by atoms with E-state index in [0.29, 0.717) is 47.9 Å². The molecule has 3 N–H and O–H groups in total. The van der Waals surface area contributed by atoms with Gasteiger partial charge in [-0.05, 0) is 55.2 Å². The second-order valence-electron chi connectivity index (χ2n) is 14.3. The van der Waals surface area contributed by atoms with Crippen molar-refractivity contribution in [3.63, 3.8) is 0 Å². The summed E-state index contributed by atoms with van der Waals surface area (Å²) in [5.41, 5.74) is 2.04. The van der Waals surface area contributed by atoms with Gasteiger partial charge in [-0.1, -0.05) is 61.5 Å². The largest absolute Gasteiger partial charge is 0.477 e. The van der Waals surface area contributed by atoms with Gasteiger partial charge >= 0.3 is 18.2 Å². The maximum atomic E-state index is 15.3. The number of piperazine rings is 1. The van der Waals surface area contributed by atoms with Crippen LogP contribution in [0, 0.1) is 11.7 Å². The number of fused-ring (bicyclic) bond motifs is 1. The van der Waals surface area contributed by atoms with Crippen LogP contribution in [0.15, 0.2) is 88.3 Å². The summed E-state index contributed by atoms with van der Waals surface area (Å²) in [5.74, 6) is -2.81. The van der Waals surface area contributed by atoms with E-state index < -0.39 is 46.9 Å². The molecule has 3 heterocycles. The Morgan fingerprint density at radius 1 is 0.914 bits per heavy atom. The van der Waals surface area contributed by atoms with Gasteiger partial charge in [-0.25, -0.2) is 18.8 Å². The zero-order valence-electron chi connectivity index (χ0n) is 32.6. The van der Waals surface area contributed by atoms with Crippen molar-refractivity contribution < 1.29 is 42.7 Å². The molecule has 15 nitrogen and oxygen atoms in total. The molecule has 2 aromatic heterocycles. The van der Waals surface area contributed by atoms with Crippen LogP contribution in [0.1, 0.15) is 72.6 Å². The van der Waals surface area contributed by atoms with Crippen LogP contribution in [0.2, 0.25) is 0 Å². The molecule has 1 fully saturated rings. The van der Waals surface area contributed by atoms with E-state index in [0.717, 1.165) is 11.6 Å². The van der Waals surface area contributed by atoms with Gasteiger partial charge in [-0.2, -0.15) is 0 Å². The van der Waals surface area contributed by atoms with Gasteiger partial charge < -0.3 is 44.1 Å². The Kier molecular flexibility index (Phi) is 12.7. The molecule has 58 heavy (non-hydrogen) atoms. The third-order valence-corrected chi connectivity index (χ3v) is 10.0. The fourth-order valence-corrected chi connectivity index (χ4v) is 6.61. The number of carbonyl (C=O) groups is 4. The molecule has 1 unspecified atom stereocenters. The number of hydrogen-bond acceptors (Lipinski definition) is 10. The van der Waals surface area contributed by atoms with E-state index in [-0.39, 0.29) is 49.2 Å². The van der Waals surface area contributed by atoms with Gasteiger partial charge in [-0.3, -0.25) is 9.59 Å². The molecule has 0 saturated carbocycles. The summed E-state index contributed by atoms with van der Waals surface area (Å²) in [7, 11) is 0. The molecule has 3 aromatic carbocycles. The van der Waals surface area contributed by atoms with Crippen LogP contribution in [0.4, 0.5) is 25.4 Å². The Morgan fingerprint density at radius 3 is 2.24 bits per heavy atom. The molecule has 6 rings (SSSR count). The van der Waals surface area contributed by atoms with Gasteiger partial charge in [0, 0.05) is 56.1 Å². The molecule has 1 saturated heterocycles. The molecule has 0 spiro atoms. The number of amides is 3. The smallest absolute Gasteiger partial charge is 0.410 e. The topological polar surface area (TPSA) is 186 Å². The molecule has 0 aliphatic carbocycles. The maximum absolute atomic E-state index is 15.3. The number of nitrogens with zero attached hydrogens (tertiary/aromatic N) is 4. The zero-order chi connectivity index (χ0) is 41.5. The van der Waals surface area contributed by atoms with E-state index in [1.54, 1.807) is 59.7 Å². The SMILES string of the molecule is CCn1cc(C(=O)O)c(=O)c2cc(F)c(N3CCN(C(=O)OCc4ccc(NC(=O)C(C)c5cc([C@@H](NC(=O)OCc6ccccc6)C(C)C)no5)cc4)CC3)cc21. The summed E-state index contributed by atoms with van der Waals surface area (Å²) in [6.45, 7) is 8.95. The Hall–Kier alpha value is -6.71. The van der Waals surface area contributed by atoms with Crippen molar-refractivity contribution in [3.8, 4) is 0 Å². The number of halogens is 1. The highest BCUT2D eigenvalue weighted by Crippen LogP contribution is 2.28. The summed E-state index contributed by atoms with van der Waals surface area (Å²) in [4.78, 5) is 66.2. The van der Waals surface area contributed by atoms with Crippen molar-refractivity contribution in [2.24, 2.45) is 5.92 Å². The number of aromatic nitrogens is 2. The molecule has 16 heteroatoms. The average Bonchev–Trinajstić information content (AvgIpc) is 3.71. The highest BCUT2D eigenvalue weighted by atomic mass is 19.1. The molecule has 304 valence electrons. The van der Waals surface area contributed by atoms with Crippen molar-refractivity contribution in [1.29, 1.82) is 0 Å². The summed E-state index contributed by atoms with van der Waals surface area (Å²) in [6, 6.07) is 19.9. The third kappa shape index (κ3) is 9.45. The number of nitrogens with one attached hydrogen (secondary N) is 2. The van der Waals surface area contributed by atoms with E-state index in [2.05, 4.69) is 15.8 Å². The molecule has 1 aliphatic rings. The first-order valence-electron chi connectivity index (χ1n) is 18.9. The highest BCUT2D eigenvalue weighted by molar-refractivity contribution is 5.95. The number of alkyl carbamates (subject to hydrolysis) is 1. The first kappa shape index (κ1) is 40.9. The van der Waals surface area contributed by atoms with Gasteiger partial charge in [-0.15, -0.1) is 0 Å². The standard InChI is InChI=1S/C42H45FN6O9/c1-5-47-22-31(40(52)53)38(50)30-19-32(43)35(21-34(30)47)48-15-17-49(18-16-48)42(55)57-24-28-11-13-29(14-12-28)44-39(51)26(4)36-20-33(46-58-36)37(25(2)3)45-41(54)56-23-27-9-7-6-8-10-27/h6-14,19-22,25-26,37H,5,15-18,23-24H2,1-4H3,(H,44,51)(H,45,54)(H,52,53)/t26?,37-/m0/s1. The van der Waals surface area contributed by atoms with Gasteiger partial charge in [0.1, 0.15) is 36.0 Å². The van der Waals surface area contributed by atoms with E-state index in [1.807, 2.05) is 44.2 Å². The number of carboxylic acids is 1. The lowest BCUT2D eigenvalue weighted by molar-refractivity contribution is -0.117. The minimum atomic E-state index is -1.38. The number of anilines is 2. The van der Waals surface area contributed by atoms with E-state index in [9.17, 15) is 29.1 Å². The van der Waals surface area contributed by atoms with Gasteiger partial charge in [0.2, 0.25) is 11.3 Å². The van der Waals surface area contributed by atoms with Crippen molar-refractivity contribution in [2.45, 2.75) is 59.4 Å². The predicted molar refractivity (Wildman–Crippen MR) is 212 cm³/mol. The quantitative estimate of drug-likeness (QED) is 0.116. The van der Waals surface area contributed by atoms with Crippen LogP contribution >= 0.6 is 0 Å². The minimum Gasteiger partial charge on any atom is -0.477 e. The number of carbonyl (C=O) groups excluding carboxylic acids is 3. The molecule has 0 radical (unpaired) electrons. The molecule has 3 amide bonds. The molecule has 5 aromatic rings. The first-order chi connectivity index (χ1) is 27.8. The number of hydrogen-bond donors (Lipinski definition) is 3. The lowest BCUT2D eigenvalue weighted by atomic mass is 9.99. The highest BCUT2D eigenvalue weighted by Gasteiger charge is 2.28. The summed E-state index contributed by atoms with van der Waals surface area (Å²) in [5, 5.41) is 19.2. The number of carboxylic acid groups (broad SMARTS) is 1.